The Morgan fingerprint density at radius 3 is 2.44 bits per heavy atom. The average molecular weight is 422 g/mol. The fourth-order valence-corrected chi connectivity index (χ4v) is 2.90. The van der Waals surface area contributed by atoms with Gasteiger partial charge >= 0.3 is 5.97 Å². The Morgan fingerprint density at radius 1 is 0.926 bits per heavy atom. The number of carbonyl (C=O) groups excluding carboxylic acids is 1. The summed E-state index contributed by atoms with van der Waals surface area (Å²) in [4.78, 5) is 12.5. The number of carbonyl (C=O) groups is 1. The van der Waals surface area contributed by atoms with Gasteiger partial charge < -0.3 is 9.47 Å². The molecule has 0 spiro atoms. The van der Waals surface area contributed by atoms with Crippen molar-refractivity contribution >= 4 is 21.9 Å². The van der Waals surface area contributed by atoms with Gasteiger partial charge in [-0.3, -0.25) is 0 Å². The van der Waals surface area contributed by atoms with Crippen molar-refractivity contribution in [2.24, 2.45) is 0 Å². The molecule has 0 amide bonds. The minimum atomic E-state index is -0.454. The van der Waals surface area contributed by atoms with Gasteiger partial charge in [-0.05, 0) is 47.5 Å². The van der Waals surface area contributed by atoms with Crippen LogP contribution in [0.2, 0.25) is 0 Å². The number of ether oxygens (including phenoxy) is 2. The summed E-state index contributed by atoms with van der Waals surface area (Å²) in [6, 6.07) is 23.8. The third-order valence-electron chi connectivity index (χ3n) is 3.84. The van der Waals surface area contributed by atoms with Crippen molar-refractivity contribution in [1.29, 1.82) is 5.26 Å². The van der Waals surface area contributed by atoms with Crippen molar-refractivity contribution < 1.29 is 14.3 Å². The largest absolute Gasteiger partial charge is 0.488 e. The van der Waals surface area contributed by atoms with Gasteiger partial charge in [0.25, 0.3) is 0 Å². The number of hydrogen-bond acceptors (Lipinski definition) is 4. The van der Waals surface area contributed by atoms with Crippen molar-refractivity contribution in [2.75, 3.05) is 0 Å². The van der Waals surface area contributed by atoms with Crippen LogP contribution >= 0.6 is 15.9 Å². The zero-order chi connectivity index (χ0) is 19.1. The van der Waals surface area contributed by atoms with E-state index in [9.17, 15) is 4.79 Å². The lowest BCUT2D eigenvalue weighted by Gasteiger charge is -2.11. The van der Waals surface area contributed by atoms with Crippen LogP contribution in [0, 0.1) is 11.3 Å². The first-order chi connectivity index (χ1) is 13.2. The summed E-state index contributed by atoms with van der Waals surface area (Å²) in [5, 5.41) is 8.82. The van der Waals surface area contributed by atoms with Gasteiger partial charge in [0.15, 0.2) is 0 Å². The van der Waals surface area contributed by atoms with Crippen molar-refractivity contribution in [3.8, 4) is 11.8 Å². The molecule has 0 saturated heterocycles. The van der Waals surface area contributed by atoms with Crippen molar-refractivity contribution in [2.45, 2.75) is 13.2 Å². The second kappa shape index (κ2) is 9.02. The van der Waals surface area contributed by atoms with Crippen LogP contribution in [0.25, 0.3) is 0 Å². The highest BCUT2D eigenvalue weighted by Crippen LogP contribution is 2.22. The van der Waals surface area contributed by atoms with Crippen LogP contribution in [0.3, 0.4) is 0 Å². The number of esters is 1. The van der Waals surface area contributed by atoms with Crippen molar-refractivity contribution in [3.63, 3.8) is 0 Å². The Bertz CT molecular complexity index is 977. The summed E-state index contributed by atoms with van der Waals surface area (Å²) < 4.78 is 12.2. The van der Waals surface area contributed by atoms with Gasteiger partial charge in [0, 0.05) is 4.47 Å². The van der Waals surface area contributed by atoms with E-state index in [4.69, 9.17) is 14.7 Å². The third-order valence-corrected chi connectivity index (χ3v) is 4.34. The molecule has 0 heterocycles. The molecule has 0 fully saturated rings. The first-order valence-corrected chi connectivity index (χ1v) is 9.07. The predicted molar refractivity (Wildman–Crippen MR) is 105 cm³/mol. The number of rotatable bonds is 6. The van der Waals surface area contributed by atoms with E-state index in [1.54, 1.807) is 42.5 Å². The fourth-order valence-electron chi connectivity index (χ4n) is 2.45. The maximum Gasteiger partial charge on any atom is 0.342 e. The molecule has 0 radical (unpaired) electrons. The minimum Gasteiger partial charge on any atom is -0.488 e. The Kier molecular flexibility index (Phi) is 6.24. The monoisotopic (exact) mass is 421 g/mol. The lowest BCUT2D eigenvalue weighted by atomic mass is 10.1. The zero-order valence-corrected chi connectivity index (χ0v) is 16.0. The normalized spacial score (nSPS) is 10.1. The molecule has 3 aromatic carbocycles. The summed E-state index contributed by atoms with van der Waals surface area (Å²) in [5.41, 5.74) is 2.75. The summed E-state index contributed by atoms with van der Waals surface area (Å²) in [7, 11) is 0. The van der Waals surface area contributed by atoms with E-state index >= 15 is 0 Å². The van der Waals surface area contributed by atoms with Gasteiger partial charge in [-0.25, -0.2) is 4.79 Å². The van der Waals surface area contributed by atoms with E-state index in [2.05, 4.69) is 22.0 Å². The Morgan fingerprint density at radius 2 is 1.70 bits per heavy atom. The van der Waals surface area contributed by atoms with E-state index in [1.165, 1.54) is 0 Å². The van der Waals surface area contributed by atoms with E-state index in [0.29, 0.717) is 23.5 Å². The van der Waals surface area contributed by atoms with Crippen LogP contribution in [0.4, 0.5) is 0 Å². The van der Waals surface area contributed by atoms with Crippen molar-refractivity contribution in [1.82, 2.24) is 0 Å². The van der Waals surface area contributed by atoms with Crippen LogP contribution in [-0.2, 0) is 18.0 Å². The highest BCUT2D eigenvalue weighted by atomic mass is 79.9. The molecule has 4 nitrogen and oxygen atoms in total. The number of halogens is 1. The van der Waals surface area contributed by atoms with Gasteiger partial charge in [-0.15, -0.1) is 0 Å². The molecule has 0 aliphatic carbocycles. The van der Waals surface area contributed by atoms with Crippen LogP contribution in [0.5, 0.6) is 5.75 Å². The standard InChI is InChI=1S/C22H16BrNO3/c23-19-5-3-4-18(12-19)15-26-21-7-2-1-6-20(21)22(25)27-14-17-10-8-16(13-24)9-11-17/h1-12H,14-15H2. The first-order valence-electron chi connectivity index (χ1n) is 8.28. The molecule has 3 aromatic rings. The highest BCUT2D eigenvalue weighted by Gasteiger charge is 2.14. The molecule has 0 unspecified atom stereocenters. The quantitative estimate of drug-likeness (QED) is 0.509. The molecule has 27 heavy (non-hydrogen) atoms. The zero-order valence-electron chi connectivity index (χ0n) is 14.4. The molecule has 3 rings (SSSR count). The molecule has 5 heteroatoms. The van der Waals surface area contributed by atoms with Crippen LogP contribution < -0.4 is 4.74 Å². The second-order valence-corrected chi connectivity index (χ2v) is 6.72. The molecule has 0 bridgehead atoms. The average Bonchev–Trinajstić information content (AvgIpc) is 2.71. The highest BCUT2D eigenvalue weighted by molar-refractivity contribution is 9.10. The van der Waals surface area contributed by atoms with E-state index in [-0.39, 0.29) is 6.61 Å². The smallest absolute Gasteiger partial charge is 0.342 e. The summed E-state index contributed by atoms with van der Waals surface area (Å²) in [5.74, 6) is 0.0199. The van der Waals surface area contributed by atoms with Gasteiger partial charge in [0.2, 0.25) is 0 Å². The number of hydrogen-bond donors (Lipinski definition) is 0. The Balaban J connectivity index is 1.65. The van der Waals surface area contributed by atoms with Crippen LogP contribution in [-0.4, -0.2) is 5.97 Å². The molecule has 0 aromatic heterocycles. The van der Waals surface area contributed by atoms with Crippen LogP contribution in [0.1, 0.15) is 27.0 Å². The predicted octanol–water partition coefficient (Wildman–Crippen LogP) is 5.26. The maximum absolute atomic E-state index is 12.5. The number of nitrogens with zero attached hydrogens (tertiary/aromatic N) is 1. The summed E-state index contributed by atoms with van der Waals surface area (Å²) >= 11 is 3.43. The third kappa shape index (κ3) is 5.19. The molecular weight excluding hydrogens is 406 g/mol. The minimum absolute atomic E-state index is 0.129. The number of nitriles is 1. The number of benzene rings is 3. The van der Waals surface area contributed by atoms with Gasteiger partial charge in [0.05, 0.1) is 11.6 Å². The van der Waals surface area contributed by atoms with E-state index in [0.717, 1.165) is 15.6 Å². The first kappa shape index (κ1) is 18.7. The SMILES string of the molecule is N#Cc1ccc(COC(=O)c2ccccc2OCc2cccc(Br)c2)cc1. The lowest BCUT2D eigenvalue weighted by Crippen LogP contribution is -2.08. The van der Waals surface area contributed by atoms with Gasteiger partial charge in [-0.1, -0.05) is 52.3 Å². The Hall–Kier alpha value is -3.10. The lowest BCUT2D eigenvalue weighted by molar-refractivity contribution is 0.0467. The van der Waals surface area contributed by atoms with Crippen molar-refractivity contribution in [3.05, 3.63) is 99.5 Å². The second-order valence-electron chi connectivity index (χ2n) is 5.80. The molecule has 0 saturated carbocycles. The number of para-hydroxylation sites is 1. The topological polar surface area (TPSA) is 59.3 Å². The molecule has 0 atom stereocenters. The molecule has 0 aliphatic heterocycles. The molecule has 0 N–H and O–H groups in total. The summed E-state index contributed by atoms with van der Waals surface area (Å²) in [6.45, 7) is 0.476. The van der Waals surface area contributed by atoms with Gasteiger partial charge in [0.1, 0.15) is 24.5 Å². The summed E-state index contributed by atoms with van der Waals surface area (Å²) in [6.07, 6.45) is 0. The fraction of sp³-hybridized carbons (Fsp3) is 0.0909. The molecule has 134 valence electrons. The van der Waals surface area contributed by atoms with Crippen LogP contribution in [0.15, 0.2) is 77.3 Å². The molecular formula is C22H16BrNO3. The Labute approximate surface area is 166 Å². The molecule has 0 aliphatic rings. The van der Waals surface area contributed by atoms with Gasteiger partial charge in [-0.2, -0.15) is 5.26 Å². The maximum atomic E-state index is 12.5. The van der Waals surface area contributed by atoms with E-state index < -0.39 is 5.97 Å². The van der Waals surface area contributed by atoms with E-state index in [1.807, 2.05) is 30.3 Å².